The summed E-state index contributed by atoms with van der Waals surface area (Å²) in [6, 6.07) is 14.8. The van der Waals surface area contributed by atoms with Crippen LogP contribution in [-0.4, -0.2) is 31.0 Å². The number of ether oxygens (including phenoxy) is 1. The summed E-state index contributed by atoms with van der Waals surface area (Å²) in [5, 5.41) is 7.95. The van der Waals surface area contributed by atoms with Gasteiger partial charge in [0.2, 0.25) is 0 Å². The van der Waals surface area contributed by atoms with Crippen molar-refractivity contribution in [1.82, 2.24) is 0 Å². The van der Waals surface area contributed by atoms with Crippen molar-refractivity contribution in [2.45, 2.75) is 46.1 Å². The van der Waals surface area contributed by atoms with Crippen LogP contribution in [0.15, 0.2) is 48.5 Å². The molecule has 2 amide bonds. The quantitative estimate of drug-likeness (QED) is 0.605. The lowest BCUT2D eigenvalue weighted by molar-refractivity contribution is -0.688. The summed E-state index contributed by atoms with van der Waals surface area (Å²) in [5.41, 5.74) is 1.63. The molecule has 166 valence electrons. The predicted molar refractivity (Wildman–Crippen MR) is 123 cm³/mol. The number of nitrogens with one attached hydrogen (secondary N) is 2. The highest BCUT2D eigenvalue weighted by Gasteiger charge is 2.30. The van der Waals surface area contributed by atoms with Crippen molar-refractivity contribution in [1.29, 1.82) is 0 Å². The number of hydrogen-bond acceptors (Lipinski definition) is 3. The van der Waals surface area contributed by atoms with Crippen molar-refractivity contribution in [3.8, 4) is 5.75 Å². The van der Waals surface area contributed by atoms with Crippen LogP contribution < -0.4 is 20.7 Å². The van der Waals surface area contributed by atoms with E-state index < -0.39 is 0 Å². The lowest BCUT2D eigenvalue weighted by atomic mass is 9.78. The highest BCUT2D eigenvalue weighted by atomic mass is 16.5. The van der Waals surface area contributed by atoms with E-state index in [0.29, 0.717) is 48.0 Å². The maximum absolute atomic E-state index is 12.8. The van der Waals surface area contributed by atoms with Gasteiger partial charge in [0.15, 0.2) is 6.54 Å². The Morgan fingerprint density at radius 2 is 1.77 bits per heavy atom. The van der Waals surface area contributed by atoms with Crippen molar-refractivity contribution < 1.29 is 19.6 Å². The van der Waals surface area contributed by atoms with Crippen LogP contribution in [0.5, 0.6) is 5.75 Å². The van der Waals surface area contributed by atoms with Gasteiger partial charge in [-0.15, -0.1) is 0 Å². The van der Waals surface area contributed by atoms with E-state index in [-0.39, 0.29) is 11.8 Å². The van der Waals surface area contributed by atoms with Crippen LogP contribution in [-0.2, 0) is 4.79 Å². The second-order valence-corrected chi connectivity index (χ2v) is 8.38. The molecular formula is C25H34N3O3+. The second kappa shape index (κ2) is 11.0. The fourth-order valence-corrected chi connectivity index (χ4v) is 4.21. The van der Waals surface area contributed by atoms with Gasteiger partial charge in [0, 0.05) is 11.6 Å². The number of anilines is 2. The smallest absolute Gasteiger partial charge is 0.279 e. The molecule has 0 spiro atoms. The summed E-state index contributed by atoms with van der Waals surface area (Å²) < 4.78 is 5.43. The van der Waals surface area contributed by atoms with Crippen molar-refractivity contribution in [2.75, 3.05) is 23.8 Å². The summed E-state index contributed by atoms with van der Waals surface area (Å²) in [6.45, 7) is 7.45. The molecule has 0 aliphatic heterocycles. The van der Waals surface area contributed by atoms with Gasteiger partial charge in [0.1, 0.15) is 5.75 Å². The van der Waals surface area contributed by atoms with Gasteiger partial charge in [-0.25, -0.2) is 0 Å². The zero-order chi connectivity index (χ0) is 22.2. The largest absolute Gasteiger partial charge is 0.494 e. The van der Waals surface area contributed by atoms with Crippen LogP contribution >= 0.6 is 0 Å². The van der Waals surface area contributed by atoms with Crippen LogP contribution in [0.3, 0.4) is 0 Å². The molecule has 2 aromatic carbocycles. The Hall–Kier alpha value is -2.86. The Bertz CT molecular complexity index is 882. The first-order valence-corrected chi connectivity index (χ1v) is 11.2. The minimum Gasteiger partial charge on any atom is -0.494 e. The summed E-state index contributed by atoms with van der Waals surface area (Å²) in [7, 11) is 0. The molecule has 0 radical (unpaired) electrons. The minimum atomic E-state index is -0.265. The maximum Gasteiger partial charge on any atom is 0.279 e. The van der Waals surface area contributed by atoms with Gasteiger partial charge in [0.05, 0.1) is 23.9 Å². The molecule has 0 heterocycles. The van der Waals surface area contributed by atoms with E-state index in [1.54, 1.807) is 30.3 Å². The maximum atomic E-state index is 12.8. The monoisotopic (exact) mass is 424 g/mol. The number of benzene rings is 2. The summed E-state index contributed by atoms with van der Waals surface area (Å²) in [6.07, 6.45) is 3.65. The highest BCUT2D eigenvalue weighted by Crippen LogP contribution is 2.27. The summed E-state index contributed by atoms with van der Waals surface area (Å²) >= 11 is 0. The SMILES string of the molecule is CCOc1ccc(NC(=O)c2ccccc2NC(=O)C[NH2+][C@H]2CCC[C@@H](C)[C@@H]2C)cc1. The first kappa shape index (κ1) is 22.8. The van der Waals surface area contributed by atoms with E-state index in [0.717, 1.165) is 12.2 Å². The van der Waals surface area contributed by atoms with Gasteiger partial charge in [-0.2, -0.15) is 0 Å². The van der Waals surface area contributed by atoms with E-state index in [1.165, 1.54) is 12.8 Å². The molecule has 6 heteroatoms. The molecule has 1 fully saturated rings. The molecule has 3 rings (SSSR count). The zero-order valence-electron chi connectivity index (χ0n) is 18.7. The fourth-order valence-electron chi connectivity index (χ4n) is 4.21. The molecule has 1 aliphatic carbocycles. The average molecular weight is 425 g/mol. The van der Waals surface area contributed by atoms with Crippen molar-refractivity contribution in [3.63, 3.8) is 0 Å². The van der Waals surface area contributed by atoms with E-state index in [1.807, 2.05) is 25.1 Å². The zero-order valence-corrected chi connectivity index (χ0v) is 18.7. The molecule has 1 saturated carbocycles. The number of carbonyl (C=O) groups is 2. The van der Waals surface area contributed by atoms with Gasteiger partial charge >= 0.3 is 0 Å². The van der Waals surface area contributed by atoms with Gasteiger partial charge in [-0.3, -0.25) is 9.59 Å². The Balaban J connectivity index is 1.59. The van der Waals surface area contributed by atoms with Gasteiger partial charge < -0.3 is 20.7 Å². The highest BCUT2D eigenvalue weighted by molar-refractivity contribution is 6.10. The third-order valence-electron chi connectivity index (χ3n) is 6.24. The third-order valence-corrected chi connectivity index (χ3v) is 6.24. The molecule has 4 N–H and O–H groups in total. The standard InChI is InChI=1S/C25H33N3O3/c1-4-31-20-14-12-19(13-15-20)27-25(30)21-9-5-6-10-23(21)28-24(29)16-26-22-11-7-8-17(2)18(22)3/h5-6,9-10,12-15,17-18,22,26H,4,7-8,11,16H2,1-3H3,(H,27,30)(H,28,29)/p+1/t17-,18+,22+/m1/s1. The lowest BCUT2D eigenvalue weighted by Gasteiger charge is -2.31. The topological polar surface area (TPSA) is 84.0 Å². The van der Waals surface area contributed by atoms with Crippen LogP contribution in [0.2, 0.25) is 0 Å². The molecule has 3 atom stereocenters. The second-order valence-electron chi connectivity index (χ2n) is 8.38. The van der Waals surface area contributed by atoms with E-state index >= 15 is 0 Å². The fraction of sp³-hybridized carbons (Fsp3) is 0.440. The Morgan fingerprint density at radius 1 is 1.03 bits per heavy atom. The number of amides is 2. The molecule has 0 bridgehead atoms. The molecular weight excluding hydrogens is 390 g/mol. The molecule has 2 aromatic rings. The van der Waals surface area contributed by atoms with Crippen molar-refractivity contribution in [3.05, 3.63) is 54.1 Å². The van der Waals surface area contributed by atoms with Crippen LogP contribution in [0, 0.1) is 11.8 Å². The van der Waals surface area contributed by atoms with Crippen LogP contribution in [0.4, 0.5) is 11.4 Å². The number of nitrogens with two attached hydrogens (primary N) is 1. The lowest BCUT2D eigenvalue weighted by Crippen LogP contribution is -2.93. The third kappa shape index (κ3) is 6.31. The normalized spacial score (nSPS) is 20.7. The van der Waals surface area contributed by atoms with Crippen LogP contribution in [0.25, 0.3) is 0 Å². The minimum absolute atomic E-state index is 0.0910. The number of para-hydroxylation sites is 1. The Kier molecular flexibility index (Phi) is 8.06. The molecule has 0 saturated heterocycles. The molecule has 1 aliphatic rings. The van der Waals surface area contributed by atoms with Crippen molar-refractivity contribution in [2.24, 2.45) is 11.8 Å². The van der Waals surface area contributed by atoms with Crippen molar-refractivity contribution >= 4 is 23.2 Å². The van der Waals surface area contributed by atoms with Gasteiger partial charge in [0.25, 0.3) is 11.8 Å². The van der Waals surface area contributed by atoms with E-state index in [4.69, 9.17) is 4.74 Å². The van der Waals surface area contributed by atoms with Gasteiger partial charge in [-0.1, -0.05) is 26.0 Å². The molecule has 0 aromatic heterocycles. The number of quaternary nitrogens is 1. The Labute approximate surface area is 184 Å². The number of carbonyl (C=O) groups excluding carboxylic acids is 2. The summed E-state index contributed by atoms with van der Waals surface area (Å²) in [4.78, 5) is 25.4. The number of hydrogen-bond donors (Lipinski definition) is 3. The first-order chi connectivity index (χ1) is 15.0. The molecule has 6 nitrogen and oxygen atoms in total. The van der Waals surface area contributed by atoms with E-state index in [2.05, 4.69) is 29.8 Å². The van der Waals surface area contributed by atoms with Crippen LogP contribution in [0.1, 0.15) is 50.4 Å². The average Bonchev–Trinajstić information content (AvgIpc) is 2.76. The van der Waals surface area contributed by atoms with E-state index in [9.17, 15) is 9.59 Å². The predicted octanol–water partition coefficient (Wildman–Crippen LogP) is 3.66. The molecule has 0 unspecified atom stereocenters. The summed E-state index contributed by atoms with van der Waals surface area (Å²) in [5.74, 6) is 1.70. The first-order valence-electron chi connectivity index (χ1n) is 11.2. The number of rotatable bonds is 8. The Morgan fingerprint density at radius 3 is 2.52 bits per heavy atom. The van der Waals surface area contributed by atoms with Gasteiger partial charge in [-0.05, 0) is 68.5 Å². The molecule has 31 heavy (non-hydrogen) atoms.